The van der Waals surface area contributed by atoms with Gasteiger partial charge >= 0.3 is 6.09 Å². The Kier molecular flexibility index (Phi) is 8.56. The Hall–Kier alpha value is -3.59. The van der Waals surface area contributed by atoms with Crippen LogP contribution in [0.4, 0.5) is 16.3 Å². The van der Waals surface area contributed by atoms with Gasteiger partial charge in [-0.2, -0.15) is 0 Å². The summed E-state index contributed by atoms with van der Waals surface area (Å²) in [4.78, 5) is 28.2. The number of rotatable bonds is 8. The Balaban J connectivity index is 1.48. The molecule has 1 amide bonds. The first kappa shape index (κ1) is 27.4. The number of pyridine rings is 2. The van der Waals surface area contributed by atoms with E-state index in [1.54, 1.807) is 12.0 Å². The van der Waals surface area contributed by atoms with Crippen LogP contribution in [0.3, 0.4) is 0 Å². The van der Waals surface area contributed by atoms with Gasteiger partial charge in [-0.05, 0) is 84.2 Å². The molecule has 1 aliphatic heterocycles. The first-order valence-electron chi connectivity index (χ1n) is 13.2. The summed E-state index contributed by atoms with van der Waals surface area (Å²) in [6, 6.07) is 12.1. The van der Waals surface area contributed by atoms with Gasteiger partial charge in [0.1, 0.15) is 17.2 Å². The minimum absolute atomic E-state index is 0.258. The lowest BCUT2D eigenvalue weighted by Crippen LogP contribution is -2.50. The van der Waals surface area contributed by atoms with Crippen molar-refractivity contribution in [3.8, 4) is 17.0 Å². The highest BCUT2D eigenvalue weighted by Gasteiger charge is 2.26. The fourth-order valence-electron chi connectivity index (χ4n) is 4.41. The number of nitrogens with zero attached hydrogens (tertiary/aromatic N) is 5. The Morgan fingerprint density at radius 3 is 2.47 bits per heavy atom. The lowest BCUT2D eigenvalue weighted by molar-refractivity contribution is 0.0240. The number of nitrogens with one attached hydrogen (secondary N) is 1. The van der Waals surface area contributed by atoms with Crippen LogP contribution in [-0.4, -0.2) is 91.9 Å². The number of carbonyl (C=O) groups excluding carboxylic acids is 1. The van der Waals surface area contributed by atoms with E-state index in [1.807, 2.05) is 51.2 Å². The van der Waals surface area contributed by atoms with Crippen molar-refractivity contribution in [3.05, 3.63) is 42.6 Å². The molecule has 0 unspecified atom stereocenters. The number of methoxy groups -OCH3 is 1. The van der Waals surface area contributed by atoms with Gasteiger partial charge in [-0.1, -0.05) is 0 Å². The summed E-state index contributed by atoms with van der Waals surface area (Å²) in [7, 11) is 5.85. The molecule has 4 rings (SSSR count). The maximum atomic E-state index is 12.4. The molecule has 1 fully saturated rings. The van der Waals surface area contributed by atoms with E-state index in [-0.39, 0.29) is 6.09 Å². The van der Waals surface area contributed by atoms with Gasteiger partial charge < -0.3 is 29.5 Å². The zero-order chi connectivity index (χ0) is 27.3. The molecule has 0 spiro atoms. The normalized spacial score (nSPS) is 14.2. The molecule has 1 aromatic carbocycles. The molecule has 1 aliphatic rings. The molecule has 1 saturated heterocycles. The van der Waals surface area contributed by atoms with E-state index in [2.05, 4.69) is 41.3 Å². The van der Waals surface area contributed by atoms with Crippen molar-refractivity contribution in [2.24, 2.45) is 0 Å². The third-order valence-electron chi connectivity index (χ3n) is 6.41. The molecule has 38 heavy (non-hydrogen) atoms. The number of anilines is 2. The number of piperazine rings is 1. The van der Waals surface area contributed by atoms with Crippen molar-refractivity contribution in [2.45, 2.75) is 32.8 Å². The van der Waals surface area contributed by atoms with Crippen molar-refractivity contribution in [1.29, 1.82) is 0 Å². The third-order valence-corrected chi connectivity index (χ3v) is 6.41. The molecule has 3 heterocycles. The highest BCUT2D eigenvalue weighted by atomic mass is 16.6. The predicted octanol–water partition coefficient (Wildman–Crippen LogP) is 4.73. The van der Waals surface area contributed by atoms with Gasteiger partial charge in [0.05, 0.1) is 18.3 Å². The van der Waals surface area contributed by atoms with Crippen LogP contribution in [0.15, 0.2) is 42.6 Å². The van der Waals surface area contributed by atoms with E-state index in [1.165, 1.54) is 0 Å². The second-order valence-electron chi connectivity index (χ2n) is 10.9. The van der Waals surface area contributed by atoms with E-state index >= 15 is 0 Å². The minimum Gasteiger partial charge on any atom is -0.497 e. The molecule has 0 radical (unpaired) electrons. The van der Waals surface area contributed by atoms with Gasteiger partial charge in [0.2, 0.25) is 0 Å². The zero-order valence-corrected chi connectivity index (χ0v) is 23.5. The molecule has 2 aromatic heterocycles. The number of ether oxygens (including phenoxy) is 2. The molecule has 9 nitrogen and oxygen atoms in total. The Bertz CT molecular complexity index is 1230. The quantitative estimate of drug-likeness (QED) is 0.427. The van der Waals surface area contributed by atoms with Crippen LogP contribution in [0.5, 0.6) is 5.75 Å². The lowest BCUT2D eigenvalue weighted by atomic mass is 10.1. The Morgan fingerprint density at radius 1 is 1.08 bits per heavy atom. The fourth-order valence-corrected chi connectivity index (χ4v) is 4.41. The van der Waals surface area contributed by atoms with Crippen molar-refractivity contribution >= 4 is 28.5 Å². The van der Waals surface area contributed by atoms with Crippen molar-refractivity contribution in [1.82, 2.24) is 19.8 Å². The summed E-state index contributed by atoms with van der Waals surface area (Å²) in [5.41, 5.74) is 3.27. The maximum absolute atomic E-state index is 12.4. The molecular formula is C29H40N6O3. The number of carbonyl (C=O) groups is 1. The second-order valence-corrected chi connectivity index (χ2v) is 10.9. The van der Waals surface area contributed by atoms with Crippen LogP contribution < -0.4 is 15.0 Å². The van der Waals surface area contributed by atoms with E-state index in [9.17, 15) is 4.79 Å². The fraction of sp³-hybridized carbons (Fsp3) is 0.483. The lowest BCUT2D eigenvalue weighted by Gasteiger charge is -2.36. The van der Waals surface area contributed by atoms with E-state index in [4.69, 9.17) is 19.4 Å². The van der Waals surface area contributed by atoms with Crippen molar-refractivity contribution in [2.75, 3.05) is 70.7 Å². The average Bonchev–Trinajstić information content (AvgIpc) is 2.89. The summed E-state index contributed by atoms with van der Waals surface area (Å²) in [5.74, 6) is 1.70. The summed E-state index contributed by atoms with van der Waals surface area (Å²) in [6.45, 7) is 10.2. The van der Waals surface area contributed by atoms with Crippen LogP contribution in [-0.2, 0) is 4.74 Å². The minimum atomic E-state index is -0.490. The van der Waals surface area contributed by atoms with Gasteiger partial charge in [-0.3, -0.25) is 0 Å². The average molecular weight is 521 g/mol. The maximum Gasteiger partial charge on any atom is 0.410 e. The molecule has 0 bridgehead atoms. The van der Waals surface area contributed by atoms with Crippen LogP contribution >= 0.6 is 0 Å². The summed E-state index contributed by atoms with van der Waals surface area (Å²) >= 11 is 0. The van der Waals surface area contributed by atoms with Crippen LogP contribution in [0, 0.1) is 0 Å². The molecule has 9 heteroatoms. The van der Waals surface area contributed by atoms with Gasteiger partial charge in [0.15, 0.2) is 0 Å². The standard InChI is InChI=1S/C29H40N6O3/c1-29(2,3)38-28(36)35-16-14-34(15-17-35)27-11-8-21(20-31-27)25-19-26(30-12-7-13-33(4)5)23-18-22(37-6)9-10-24(23)32-25/h8-11,18-20H,7,12-17H2,1-6H3,(H,30,32). The topological polar surface area (TPSA) is 83.1 Å². The predicted molar refractivity (Wildman–Crippen MR) is 153 cm³/mol. The number of hydrogen-bond acceptors (Lipinski definition) is 8. The molecule has 0 atom stereocenters. The van der Waals surface area contributed by atoms with E-state index in [0.29, 0.717) is 26.2 Å². The number of fused-ring (bicyclic) bond motifs is 1. The summed E-state index contributed by atoms with van der Waals surface area (Å²) in [5, 5.41) is 4.63. The SMILES string of the molecule is COc1ccc2nc(-c3ccc(N4CCN(C(=O)OC(C)(C)C)CC4)nc3)cc(NCCCN(C)C)c2c1. The number of amides is 1. The first-order chi connectivity index (χ1) is 18.1. The Labute approximate surface area is 225 Å². The smallest absolute Gasteiger partial charge is 0.410 e. The summed E-state index contributed by atoms with van der Waals surface area (Å²) in [6.07, 6.45) is 2.66. The zero-order valence-electron chi connectivity index (χ0n) is 23.5. The monoisotopic (exact) mass is 520 g/mol. The van der Waals surface area contributed by atoms with Crippen LogP contribution in [0.25, 0.3) is 22.2 Å². The highest BCUT2D eigenvalue weighted by molar-refractivity contribution is 5.94. The largest absolute Gasteiger partial charge is 0.497 e. The van der Waals surface area contributed by atoms with Gasteiger partial charge in [0.25, 0.3) is 0 Å². The third kappa shape index (κ3) is 7.04. The highest BCUT2D eigenvalue weighted by Crippen LogP contribution is 2.31. The van der Waals surface area contributed by atoms with Crippen LogP contribution in [0.1, 0.15) is 27.2 Å². The van der Waals surface area contributed by atoms with Crippen molar-refractivity contribution in [3.63, 3.8) is 0 Å². The van der Waals surface area contributed by atoms with Crippen molar-refractivity contribution < 1.29 is 14.3 Å². The number of aromatic nitrogens is 2. The molecule has 3 aromatic rings. The molecule has 204 valence electrons. The van der Waals surface area contributed by atoms with Gasteiger partial charge in [0, 0.05) is 55.6 Å². The van der Waals surface area contributed by atoms with Crippen LogP contribution in [0.2, 0.25) is 0 Å². The van der Waals surface area contributed by atoms with Gasteiger partial charge in [-0.25, -0.2) is 14.8 Å². The van der Waals surface area contributed by atoms with Gasteiger partial charge in [-0.15, -0.1) is 0 Å². The molecule has 0 aliphatic carbocycles. The Morgan fingerprint density at radius 2 is 1.84 bits per heavy atom. The number of hydrogen-bond donors (Lipinski definition) is 1. The summed E-state index contributed by atoms with van der Waals surface area (Å²) < 4.78 is 11.0. The molecule has 0 saturated carbocycles. The second kappa shape index (κ2) is 11.9. The molecular weight excluding hydrogens is 480 g/mol. The number of benzene rings is 1. The van der Waals surface area contributed by atoms with E-state index in [0.717, 1.165) is 58.9 Å². The first-order valence-corrected chi connectivity index (χ1v) is 13.2. The molecule has 1 N–H and O–H groups in total. The van der Waals surface area contributed by atoms with E-state index < -0.39 is 5.60 Å².